The molecule has 32 valence electrons. The summed E-state index contributed by atoms with van der Waals surface area (Å²) in [6.07, 6.45) is 0. The largest absolute Gasteiger partial charge is 0.121 e. The fourth-order valence-electron chi connectivity index (χ4n) is 0.177. The lowest BCUT2D eigenvalue weighted by atomic mass is 11.9. The second-order valence-electron chi connectivity index (χ2n) is 0.884. The molecule has 2 atom stereocenters. The van der Waals surface area contributed by atoms with E-state index >= 15 is 0 Å². The summed E-state index contributed by atoms with van der Waals surface area (Å²) >= 11 is 0. The Morgan fingerprint density at radius 1 is 1.20 bits per heavy atom. The van der Waals surface area contributed by atoms with Crippen molar-refractivity contribution in [1.82, 2.24) is 0 Å². The van der Waals surface area contributed by atoms with E-state index in [1.165, 1.54) is 23.1 Å². The van der Waals surface area contributed by atoms with Crippen LogP contribution in [0.5, 0.6) is 0 Å². The Morgan fingerprint density at radius 2 is 1.60 bits per heavy atom. The van der Waals surface area contributed by atoms with E-state index in [9.17, 15) is 0 Å². The van der Waals surface area contributed by atoms with Crippen LogP contribution in [0.2, 0.25) is 0 Å². The third-order valence-corrected chi connectivity index (χ3v) is 3.18. The van der Waals surface area contributed by atoms with Gasteiger partial charge in [0.15, 0.2) is 0 Å². The van der Waals surface area contributed by atoms with Crippen LogP contribution < -0.4 is 0 Å². The zero-order valence-electron chi connectivity index (χ0n) is 3.71. The van der Waals surface area contributed by atoms with Gasteiger partial charge in [-0.15, -0.1) is 17.2 Å². The van der Waals surface area contributed by atoms with Gasteiger partial charge in [-0.2, -0.15) is 0 Å². The Hall–Kier alpha value is 0.860. The Kier molecular flexibility index (Phi) is 5.70. The highest BCUT2D eigenvalue weighted by atomic mass is 31.1. The highest BCUT2D eigenvalue weighted by molar-refractivity contribution is 7.55. The average molecular weight is 108 g/mol. The van der Waals surface area contributed by atoms with Gasteiger partial charge in [0.25, 0.3) is 0 Å². The van der Waals surface area contributed by atoms with Gasteiger partial charge < -0.3 is 0 Å². The molecular formula is C3H10P2. The van der Waals surface area contributed by atoms with E-state index in [1.807, 2.05) is 0 Å². The fourth-order valence-corrected chi connectivity index (χ4v) is 1.59. The molecule has 0 aliphatic rings. The highest BCUT2D eigenvalue weighted by Crippen LogP contribution is 2.14. The molecular weight excluding hydrogens is 98.0 g/mol. The topological polar surface area (TPSA) is 0 Å². The molecule has 0 aromatic rings. The zero-order valence-corrected chi connectivity index (χ0v) is 5.71. The molecule has 0 amide bonds. The van der Waals surface area contributed by atoms with Gasteiger partial charge in [-0.05, 0) is 19.2 Å². The van der Waals surface area contributed by atoms with Crippen LogP contribution in [0.4, 0.5) is 0 Å². The lowest BCUT2D eigenvalue weighted by Gasteiger charge is -1.81. The van der Waals surface area contributed by atoms with Crippen molar-refractivity contribution in [3.05, 3.63) is 0 Å². The molecule has 0 nitrogen and oxygen atoms in total. The summed E-state index contributed by atoms with van der Waals surface area (Å²) in [5.74, 6) is 1.44. The molecule has 2 unspecified atom stereocenters. The van der Waals surface area contributed by atoms with Gasteiger partial charge >= 0.3 is 0 Å². The van der Waals surface area contributed by atoms with Crippen LogP contribution in [0.1, 0.15) is 0 Å². The molecule has 0 saturated heterocycles. The van der Waals surface area contributed by atoms with Crippen molar-refractivity contribution < 1.29 is 0 Å². The molecule has 0 heterocycles. The molecule has 2 heteroatoms. The monoisotopic (exact) mass is 108 g/mol. The molecule has 0 bridgehead atoms. The highest BCUT2D eigenvalue weighted by Gasteiger charge is 1.66. The van der Waals surface area contributed by atoms with Crippen molar-refractivity contribution in [2.45, 2.75) is 0 Å². The van der Waals surface area contributed by atoms with Gasteiger partial charge in [0, 0.05) is 0 Å². The van der Waals surface area contributed by atoms with Gasteiger partial charge in [-0.1, -0.05) is 0 Å². The number of rotatable bonds is 2. The van der Waals surface area contributed by atoms with Gasteiger partial charge in [0.2, 0.25) is 0 Å². The number of hydrogen-bond acceptors (Lipinski definition) is 0. The van der Waals surface area contributed by atoms with Gasteiger partial charge in [0.1, 0.15) is 0 Å². The third-order valence-electron chi connectivity index (χ3n) is 0.354. The average Bonchev–Trinajstić information content (AvgIpc) is 1.41. The molecule has 0 spiro atoms. The van der Waals surface area contributed by atoms with Gasteiger partial charge in [-0.25, -0.2) is 0 Å². The fraction of sp³-hybridized carbons (Fsp3) is 1.00. The minimum atomic E-state index is 1.17. The van der Waals surface area contributed by atoms with E-state index in [1.54, 1.807) is 0 Å². The summed E-state index contributed by atoms with van der Waals surface area (Å²) in [5, 5.41) is 0. The minimum absolute atomic E-state index is 1.17. The second kappa shape index (κ2) is 4.86. The molecule has 0 aromatic heterocycles. The first-order valence-corrected chi connectivity index (χ1v) is 5.12. The SMILES string of the molecule is CPCPC. The summed E-state index contributed by atoms with van der Waals surface area (Å²) < 4.78 is 0. The molecule has 0 N–H and O–H groups in total. The Bertz CT molecular complexity index is 12.4. The van der Waals surface area contributed by atoms with E-state index in [4.69, 9.17) is 0 Å². The quantitative estimate of drug-likeness (QED) is 0.471. The summed E-state index contributed by atoms with van der Waals surface area (Å²) in [6.45, 7) is 4.49. The van der Waals surface area contributed by atoms with E-state index in [2.05, 4.69) is 13.3 Å². The molecule has 0 rings (SSSR count). The standard InChI is InChI=1S/C3H10P2/c1-4-3-5-2/h4-5H,3H2,1-2H3. The summed E-state index contributed by atoms with van der Waals surface area (Å²) in [7, 11) is 2.34. The van der Waals surface area contributed by atoms with Crippen LogP contribution in [-0.4, -0.2) is 19.2 Å². The molecule has 0 saturated carbocycles. The number of hydrogen-bond donors (Lipinski definition) is 0. The normalized spacial score (nSPS) is 13.2. The summed E-state index contributed by atoms with van der Waals surface area (Å²) in [6, 6.07) is 0. The smallest absolute Gasteiger partial charge is 0.0180 e. The van der Waals surface area contributed by atoms with Crippen LogP contribution in [0.15, 0.2) is 0 Å². The summed E-state index contributed by atoms with van der Waals surface area (Å²) in [4.78, 5) is 0. The van der Waals surface area contributed by atoms with Crippen LogP contribution in [0, 0.1) is 0 Å². The van der Waals surface area contributed by atoms with Crippen molar-refractivity contribution in [2.75, 3.05) is 19.2 Å². The molecule has 0 fully saturated rings. The maximum Gasteiger partial charge on any atom is -0.0180 e. The Balaban J connectivity index is 2.19. The van der Waals surface area contributed by atoms with E-state index < -0.39 is 0 Å². The van der Waals surface area contributed by atoms with E-state index in [-0.39, 0.29) is 0 Å². The molecule has 0 radical (unpaired) electrons. The van der Waals surface area contributed by atoms with Crippen molar-refractivity contribution in [3.63, 3.8) is 0 Å². The van der Waals surface area contributed by atoms with Gasteiger partial charge in [-0.3, -0.25) is 0 Å². The van der Waals surface area contributed by atoms with E-state index in [0.717, 1.165) is 0 Å². The molecule has 0 aromatic carbocycles. The minimum Gasteiger partial charge on any atom is -0.121 e. The lowest BCUT2D eigenvalue weighted by Crippen LogP contribution is -1.48. The molecule has 0 aliphatic carbocycles. The van der Waals surface area contributed by atoms with Gasteiger partial charge in [0.05, 0.1) is 0 Å². The zero-order chi connectivity index (χ0) is 4.12. The Morgan fingerprint density at radius 3 is 1.60 bits per heavy atom. The molecule has 5 heavy (non-hydrogen) atoms. The predicted molar refractivity (Wildman–Crippen MR) is 33.3 cm³/mol. The van der Waals surface area contributed by atoms with Crippen molar-refractivity contribution in [2.24, 2.45) is 0 Å². The van der Waals surface area contributed by atoms with Crippen LogP contribution in [-0.2, 0) is 0 Å². The predicted octanol–water partition coefficient (Wildman–Crippen LogP) is 1.56. The maximum atomic E-state index is 2.25. The van der Waals surface area contributed by atoms with Crippen LogP contribution in [0.3, 0.4) is 0 Å². The van der Waals surface area contributed by atoms with E-state index in [0.29, 0.717) is 0 Å². The van der Waals surface area contributed by atoms with Crippen molar-refractivity contribution in [3.8, 4) is 0 Å². The lowest BCUT2D eigenvalue weighted by molar-refractivity contribution is 2.13. The molecule has 0 aliphatic heterocycles. The van der Waals surface area contributed by atoms with Crippen molar-refractivity contribution in [1.29, 1.82) is 0 Å². The second-order valence-corrected chi connectivity index (χ2v) is 3.71. The maximum absolute atomic E-state index is 2.25. The first-order valence-electron chi connectivity index (χ1n) is 1.71. The van der Waals surface area contributed by atoms with Crippen molar-refractivity contribution >= 4 is 17.2 Å². The van der Waals surface area contributed by atoms with Crippen LogP contribution in [0.25, 0.3) is 0 Å². The van der Waals surface area contributed by atoms with Crippen LogP contribution >= 0.6 is 17.2 Å². The first kappa shape index (κ1) is 5.86. The summed E-state index contributed by atoms with van der Waals surface area (Å²) in [5.41, 5.74) is 0. The Labute approximate surface area is 37.3 Å². The first-order chi connectivity index (χ1) is 2.41. The third kappa shape index (κ3) is 4.86.